The molecule has 1 fully saturated rings. The van der Waals surface area contributed by atoms with Crippen LogP contribution in [0, 0.1) is 0 Å². The summed E-state index contributed by atoms with van der Waals surface area (Å²) < 4.78 is 0.781. The van der Waals surface area contributed by atoms with Crippen LogP contribution in [0.15, 0.2) is 28.7 Å². The van der Waals surface area contributed by atoms with E-state index in [9.17, 15) is 9.59 Å². The molecule has 0 aromatic heterocycles. The van der Waals surface area contributed by atoms with Gasteiger partial charge in [0.25, 0.3) is 5.91 Å². The zero-order valence-electron chi connectivity index (χ0n) is 10.6. The first-order valence-corrected chi connectivity index (χ1v) is 7.22. The van der Waals surface area contributed by atoms with Gasteiger partial charge in [-0.25, -0.2) is 0 Å². The molecule has 2 rings (SSSR count). The second kappa shape index (κ2) is 6.19. The maximum Gasteiger partial charge on any atom is 0.255 e. The van der Waals surface area contributed by atoms with Gasteiger partial charge < -0.3 is 10.6 Å². The quantitative estimate of drug-likeness (QED) is 0.927. The lowest BCUT2D eigenvalue weighted by Crippen LogP contribution is -2.45. The third kappa shape index (κ3) is 3.35. The molecule has 19 heavy (non-hydrogen) atoms. The van der Waals surface area contributed by atoms with E-state index in [0.717, 1.165) is 23.7 Å². The topological polar surface area (TPSA) is 63.4 Å². The summed E-state index contributed by atoms with van der Waals surface area (Å²) >= 11 is 3.40. The van der Waals surface area contributed by atoms with Crippen LogP contribution in [0.5, 0.6) is 0 Å². The highest BCUT2D eigenvalue weighted by Crippen LogP contribution is 2.24. The van der Waals surface area contributed by atoms with Gasteiger partial charge in [-0.1, -0.05) is 12.1 Å². The molecule has 2 N–H and O–H groups in total. The molecule has 1 aromatic carbocycles. The second-order valence-electron chi connectivity index (χ2n) is 4.80. The minimum atomic E-state index is -0.350. The Hall–Kier alpha value is -1.36. The Kier molecular flexibility index (Phi) is 4.58. The van der Waals surface area contributed by atoms with Crippen molar-refractivity contribution in [2.75, 3.05) is 6.54 Å². The van der Waals surface area contributed by atoms with Crippen LogP contribution in [-0.4, -0.2) is 29.3 Å². The molecule has 102 valence electrons. The lowest BCUT2D eigenvalue weighted by molar-refractivity contribution is -0.119. The Bertz CT molecular complexity index is 490. The fourth-order valence-corrected chi connectivity index (χ4v) is 2.96. The first-order valence-electron chi connectivity index (χ1n) is 6.43. The van der Waals surface area contributed by atoms with Crippen LogP contribution < -0.4 is 5.73 Å². The van der Waals surface area contributed by atoms with Gasteiger partial charge >= 0.3 is 0 Å². The molecule has 1 saturated heterocycles. The normalized spacial score (nSPS) is 19.2. The Morgan fingerprint density at radius 1 is 1.32 bits per heavy atom. The Labute approximate surface area is 121 Å². The lowest BCUT2D eigenvalue weighted by atomic mass is 9.98. The van der Waals surface area contributed by atoms with Crippen LogP contribution >= 0.6 is 15.9 Å². The molecule has 1 aliphatic heterocycles. The number of nitrogens with two attached hydrogens (primary N) is 1. The highest BCUT2D eigenvalue weighted by molar-refractivity contribution is 9.10. The minimum absolute atomic E-state index is 0.0292. The van der Waals surface area contributed by atoms with Crippen molar-refractivity contribution in [2.45, 2.75) is 31.7 Å². The minimum Gasteiger partial charge on any atom is -0.370 e. The van der Waals surface area contributed by atoms with E-state index >= 15 is 0 Å². The monoisotopic (exact) mass is 324 g/mol. The predicted octanol–water partition coefficient (Wildman–Crippen LogP) is 2.32. The molecule has 5 heteroatoms. The third-order valence-electron chi connectivity index (χ3n) is 3.43. The molecule has 0 saturated carbocycles. The standard InChI is InChI=1S/C14H17BrN2O2/c15-12-7-2-1-6-11(12)14(19)17-8-4-3-5-10(17)9-13(16)18/h1-2,6-7,10H,3-5,8-9H2,(H2,16,18). The second-order valence-corrected chi connectivity index (χ2v) is 5.65. The Balaban J connectivity index is 2.20. The number of halogens is 1. The van der Waals surface area contributed by atoms with Crippen LogP contribution in [0.4, 0.5) is 0 Å². The predicted molar refractivity (Wildman–Crippen MR) is 76.6 cm³/mol. The summed E-state index contributed by atoms with van der Waals surface area (Å²) in [6, 6.07) is 7.29. The molecule has 1 atom stereocenters. The van der Waals surface area contributed by atoms with Crippen LogP contribution in [0.1, 0.15) is 36.0 Å². The largest absolute Gasteiger partial charge is 0.370 e. The van der Waals surface area contributed by atoms with E-state index in [0.29, 0.717) is 12.1 Å². The maximum atomic E-state index is 12.6. The van der Waals surface area contributed by atoms with E-state index < -0.39 is 0 Å². The van der Waals surface area contributed by atoms with Crippen molar-refractivity contribution in [3.8, 4) is 0 Å². The number of likely N-dealkylation sites (tertiary alicyclic amines) is 1. The smallest absolute Gasteiger partial charge is 0.255 e. The highest BCUT2D eigenvalue weighted by Gasteiger charge is 2.29. The van der Waals surface area contributed by atoms with E-state index in [1.807, 2.05) is 18.2 Å². The van der Waals surface area contributed by atoms with Crippen LogP contribution in [0.25, 0.3) is 0 Å². The molecule has 1 aliphatic rings. The van der Waals surface area contributed by atoms with Gasteiger partial charge in [-0.15, -0.1) is 0 Å². The van der Waals surface area contributed by atoms with Gasteiger partial charge in [0, 0.05) is 23.5 Å². The number of rotatable bonds is 3. The van der Waals surface area contributed by atoms with Crippen LogP contribution in [0.3, 0.4) is 0 Å². The van der Waals surface area contributed by atoms with Gasteiger partial charge in [0.15, 0.2) is 0 Å². The molecule has 0 bridgehead atoms. The number of nitrogens with zero attached hydrogens (tertiary/aromatic N) is 1. The number of hydrogen-bond donors (Lipinski definition) is 1. The molecule has 1 unspecified atom stereocenters. The average Bonchev–Trinajstić information content (AvgIpc) is 2.38. The fraction of sp³-hybridized carbons (Fsp3) is 0.429. The third-order valence-corrected chi connectivity index (χ3v) is 4.12. The lowest BCUT2D eigenvalue weighted by Gasteiger charge is -2.35. The fourth-order valence-electron chi connectivity index (χ4n) is 2.50. The summed E-state index contributed by atoms with van der Waals surface area (Å²) in [7, 11) is 0. The highest BCUT2D eigenvalue weighted by atomic mass is 79.9. The molecule has 4 nitrogen and oxygen atoms in total. The van der Waals surface area contributed by atoms with Gasteiger partial charge in [-0.05, 0) is 47.3 Å². The van der Waals surface area contributed by atoms with Crippen molar-refractivity contribution < 1.29 is 9.59 Å². The summed E-state index contributed by atoms with van der Waals surface area (Å²) in [5.74, 6) is -0.379. The zero-order chi connectivity index (χ0) is 13.8. The van der Waals surface area contributed by atoms with E-state index in [4.69, 9.17) is 5.73 Å². The zero-order valence-corrected chi connectivity index (χ0v) is 12.2. The van der Waals surface area contributed by atoms with Gasteiger partial charge in [0.1, 0.15) is 0 Å². The van der Waals surface area contributed by atoms with Crippen LogP contribution in [0.2, 0.25) is 0 Å². The maximum absolute atomic E-state index is 12.6. The summed E-state index contributed by atoms with van der Waals surface area (Å²) in [5, 5.41) is 0. The molecule has 2 amide bonds. The number of benzene rings is 1. The Morgan fingerprint density at radius 2 is 2.05 bits per heavy atom. The summed E-state index contributed by atoms with van der Waals surface area (Å²) in [4.78, 5) is 25.5. The first kappa shape index (κ1) is 14.1. The van der Waals surface area contributed by atoms with Gasteiger partial charge in [0.2, 0.25) is 5.91 Å². The summed E-state index contributed by atoms with van der Waals surface area (Å²) in [6.45, 7) is 0.693. The molecular weight excluding hydrogens is 308 g/mol. The molecular formula is C14H17BrN2O2. The van der Waals surface area contributed by atoms with Gasteiger partial charge in [0.05, 0.1) is 5.56 Å². The van der Waals surface area contributed by atoms with Crippen molar-refractivity contribution in [1.82, 2.24) is 4.90 Å². The molecule has 0 radical (unpaired) electrons. The number of primary amides is 1. The Morgan fingerprint density at radius 3 is 2.74 bits per heavy atom. The number of piperidine rings is 1. The van der Waals surface area contributed by atoms with Gasteiger partial charge in [-0.2, -0.15) is 0 Å². The summed E-state index contributed by atoms with van der Waals surface area (Å²) in [5.41, 5.74) is 5.91. The van der Waals surface area contributed by atoms with E-state index in [1.165, 1.54) is 0 Å². The van der Waals surface area contributed by atoms with Crippen molar-refractivity contribution in [3.05, 3.63) is 34.3 Å². The molecule has 1 aromatic rings. The van der Waals surface area contributed by atoms with Crippen molar-refractivity contribution in [1.29, 1.82) is 0 Å². The van der Waals surface area contributed by atoms with Crippen molar-refractivity contribution in [3.63, 3.8) is 0 Å². The van der Waals surface area contributed by atoms with Crippen molar-refractivity contribution >= 4 is 27.7 Å². The molecule has 1 heterocycles. The van der Waals surface area contributed by atoms with Crippen molar-refractivity contribution in [2.24, 2.45) is 5.73 Å². The molecule has 0 aliphatic carbocycles. The number of amides is 2. The molecule has 0 spiro atoms. The first-order chi connectivity index (χ1) is 9.09. The summed E-state index contributed by atoms with van der Waals surface area (Å²) in [6.07, 6.45) is 3.11. The van der Waals surface area contributed by atoms with Gasteiger partial charge in [-0.3, -0.25) is 9.59 Å². The van der Waals surface area contributed by atoms with E-state index in [1.54, 1.807) is 11.0 Å². The van der Waals surface area contributed by atoms with E-state index in [2.05, 4.69) is 15.9 Å². The number of carbonyl (C=O) groups is 2. The van der Waals surface area contributed by atoms with Crippen LogP contribution in [-0.2, 0) is 4.79 Å². The average molecular weight is 325 g/mol. The van der Waals surface area contributed by atoms with E-state index in [-0.39, 0.29) is 24.3 Å². The SMILES string of the molecule is NC(=O)CC1CCCCN1C(=O)c1ccccc1Br. The number of carbonyl (C=O) groups excluding carboxylic acids is 2. The number of hydrogen-bond acceptors (Lipinski definition) is 2.